The molecule has 0 bridgehead atoms. The Labute approximate surface area is 715 Å². The van der Waals surface area contributed by atoms with Gasteiger partial charge >= 0.3 is 29.8 Å². The average molecular weight is 1730 g/mol. The number of unbranched alkanes of at least 4 members (excludes halogenated alkanes) is 13. The molecule has 0 saturated heterocycles. The van der Waals surface area contributed by atoms with Gasteiger partial charge in [-0.05, 0) is 123 Å². The minimum absolute atomic E-state index is 0.0384. The number of carboxylic acid groups (broad SMARTS) is 4. The molecule has 0 saturated carbocycles. The maximum atomic E-state index is 14.8. The number of phenolic OH excluding ortho intramolecular Hbond substituents is 4. The Morgan fingerprint density at radius 3 is 1.24 bits per heavy atom. The van der Waals surface area contributed by atoms with Gasteiger partial charge in [-0.1, -0.05) is 114 Å². The van der Waals surface area contributed by atoms with Gasteiger partial charge in [-0.25, -0.2) is 4.79 Å². The zero-order valence-electron chi connectivity index (χ0n) is 69.1. The van der Waals surface area contributed by atoms with E-state index in [1.165, 1.54) is 130 Å². The standard InChI is InChI=1S/C87H112N10O27/c1-2-3-4-5-6-7-8-9-10-11-12-13-14-18-72(102)89-41-16-15-17-64(80(114)94-67(36-40-77(110)111)83(117)97-68(46-52-19-24-55(98)25-20-52)84(118)92-63(78(88)112)33-37-74(104)105)93-82(116)66(35-39-76(108)109)95-85(119)69(47-53-21-26-56(99)27-22-53)96-81(115)65(34-38-75(106)107)91-73(103)51-122-45-44-121-43-42-90-79(113)54-23-30-60-59(48-54)86(120)124-87(60)61-31-28-57(100)49-70(61)123-71-50-58(101)29-32-62(71)87/h19-32,48-50,63-69,98-101H,2-18,33-47,51H2,1H3,(H2,88,112)(H,89,102)(H,90,113)(H,91,103)(H,92,118)(H,93,116)(H,94,114)(H,95,119)(H,96,115)(H,97,117)(H,104,105)(H,106,107)(H,108,109)(H,110,111)/t63-,64-,65-,66-,67-,68-,69-/m0/s1. The first kappa shape index (κ1) is 98.2. The number of rotatable bonds is 58. The molecule has 0 radical (unpaired) electrons. The van der Waals surface area contributed by atoms with E-state index in [9.17, 15) is 113 Å². The van der Waals surface area contributed by atoms with Crippen LogP contribution >= 0.6 is 0 Å². The number of ether oxygens (including phenoxy) is 4. The van der Waals surface area contributed by atoms with E-state index >= 15 is 0 Å². The molecule has 0 fully saturated rings. The number of nitrogens with two attached hydrogens (primary N) is 1. The number of phenols is 4. The van der Waals surface area contributed by atoms with Crippen molar-refractivity contribution >= 4 is 88.9 Å². The second-order valence-corrected chi connectivity index (χ2v) is 30.4. The molecular formula is C87H112N10O27. The minimum Gasteiger partial charge on any atom is -0.508 e. The third-order valence-corrected chi connectivity index (χ3v) is 20.7. The van der Waals surface area contributed by atoms with Gasteiger partial charge in [0.2, 0.25) is 53.2 Å². The van der Waals surface area contributed by atoms with Gasteiger partial charge in [0, 0.05) is 92.4 Å². The fraction of sp³-hybridized carbons (Fsp3) is 0.483. The van der Waals surface area contributed by atoms with Crippen LogP contribution in [0.5, 0.6) is 34.5 Å². The van der Waals surface area contributed by atoms with Crippen LogP contribution < -0.4 is 58.3 Å². The van der Waals surface area contributed by atoms with Gasteiger partial charge in [0.1, 0.15) is 83.4 Å². The molecule has 5 aromatic rings. The number of esters is 1. The van der Waals surface area contributed by atoms with Crippen LogP contribution in [-0.2, 0) is 95.0 Å². The number of carbonyl (C=O) groups is 15. The highest BCUT2D eigenvalue weighted by Crippen LogP contribution is 2.57. The molecule has 124 heavy (non-hydrogen) atoms. The third-order valence-electron chi connectivity index (χ3n) is 20.7. The van der Waals surface area contributed by atoms with Crippen LogP contribution in [0, 0.1) is 0 Å². The number of carboxylic acids is 4. The molecule has 5 aromatic carbocycles. The molecule has 7 rings (SSSR count). The van der Waals surface area contributed by atoms with Gasteiger partial charge in [0.05, 0.1) is 25.4 Å². The zero-order chi connectivity index (χ0) is 90.3. The second-order valence-electron chi connectivity index (χ2n) is 30.4. The van der Waals surface area contributed by atoms with Crippen LogP contribution in [0.25, 0.3) is 0 Å². The fourth-order valence-electron chi connectivity index (χ4n) is 14.1. The quantitative estimate of drug-likeness (QED) is 0.0170. The van der Waals surface area contributed by atoms with Crippen molar-refractivity contribution in [2.45, 2.75) is 228 Å². The number of fused-ring (bicyclic) bond motifs is 6. The Bertz CT molecular complexity index is 4470. The molecular weight excluding hydrogens is 1620 g/mol. The van der Waals surface area contributed by atoms with Gasteiger partial charge in [-0.2, -0.15) is 0 Å². The number of carbonyl (C=O) groups excluding carboxylic acids is 11. The van der Waals surface area contributed by atoms with Crippen molar-refractivity contribution in [1.29, 1.82) is 0 Å². The predicted molar refractivity (Wildman–Crippen MR) is 443 cm³/mol. The van der Waals surface area contributed by atoms with Gasteiger partial charge < -0.3 is 113 Å². The number of hydrogen-bond donors (Lipinski definition) is 18. The van der Waals surface area contributed by atoms with Crippen LogP contribution in [-0.4, -0.2) is 212 Å². The van der Waals surface area contributed by atoms with E-state index in [-0.39, 0.29) is 122 Å². The first-order valence-electron chi connectivity index (χ1n) is 41.6. The Hall–Kier alpha value is -12.9. The highest BCUT2D eigenvalue weighted by atomic mass is 16.6. The summed E-state index contributed by atoms with van der Waals surface area (Å²) >= 11 is 0. The molecule has 0 aliphatic carbocycles. The third kappa shape index (κ3) is 32.1. The average Bonchev–Trinajstić information content (AvgIpc) is 1.51. The summed E-state index contributed by atoms with van der Waals surface area (Å²) in [5.41, 5.74) is 5.82. The van der Waals surface area contributed by atoms with Crippen molar-refractivity contribution < 1.29 is 132 Å². The van der Waals surface area contributed by atoms with Crippen molar-refractivity contribution in [3.63, 3.8) is 0 Å². The van der Waals surface area contributed by atoms with E-state index in [0.29, 0.717) is 28.7 Å². The summed E-state index contributed by atoms with van der Waals surface area (Å²) in [7, 11) is 0. The second kappa shape index (κ2) is 50.5. The van der Waals surface area contributed by atoms with Gasteiger partial charge in [0.15, 0.2) is 5.60 Å². The smallest absolute Gasteiger partial charge is 0.340 e. The first-order valence-corrected chi connectivity index (χ1v) is 41.6. The first-order chi connectivity index (χ1) is 59.3. The fourth-order valence-corrected chi connectivity index (χ4v) is 14.1. The van der Waals surface area contributed by atoms with E-state index in [2.05, 4.69) is 54.8 Å². The Morgan fingerprint density at radius 2 is 0.782 bits per heavy atom. The maximum Gasteiger partial charge on any atom is 0.340 e. The lowest BCUT2D eigenvalue weighted by Crippen LogP contribution is -2.60. The molecule has 10 amide bonds. The van der Waals surface area contributed by atoms with E-state index in [4.69, 9.17) is 24.7 Å². The summed E-state index contributed by atoms with van der Waals surface area (Å²) in [6.07, 6.45) is 8.39. The summed E-state index contributed by atoms with van der Waals surface area (Å²) in [6.45, 7) is 1.06. The molecule has 19 N–H and O–H groups in total. The molecule has 37 nitrogen and oxygen atoms in total. The monoisotopic (exact) mass is 1730 g/mol. The van der Waals surface area contributed by atoms with Crippen LogP contribution in [0.15, 0.2) is 103 Å². The molecule has 0 aromatic heterocycles. The number of nitrogens with one attached hydrogen (secondary N) is 9. The van der Waals surface area contributed by atoms with Crippen LogP contribution in [0.4, 0.5) is 0 Å². The summed E-state index contributed by atoms with van der Waals surface area (Å²) in [5.74, 6) is -16.6. The maximum absolute atomic E-state index is 14.8. The summed E-state index contributed by atoms with van der Waals surface area (Å²) in [4.78, 5) is 201. The van der Waals surface area contributed by atoms with E-state index < -0.39 is 195 Å². The Kier molecular flexibility index (Phi) is 40.0. The van der Waals surface area contributed by atoms with Gasteiger partial charge in [-0.3, -0.25) is 67.1 Å². The topological polar surface area (TPSA) is 589 Å². The van der Waals surface area contributed by atoms with Crippen molar-refractivity contribution in [2.75, 3.05) is 39.5 Å². The molecule has 2 aliphatic heterocycles. The molecule has 37 heteroatoms. The number of aromatic hydroxyl groups is 4. The highest BCUT2D eigenvalue weighted by Gasteiger charge is 2.54. The lowest BCUT2D eigenvalue weighted by atomic mass is 9.77. The molecule has 2 heterocycles. The summed E-state index contributed by atoms with van der Waals surface area (Å²) in [5, 5.41) is 102. The summed E-state index contributed by atoms with van der Waals surface area (Å²) < 4.78 is 23.1. The molecule has 0 unspecified atom stereocenters. The van der Waals surface area contributed by atoms with Crippen LogP contribution in [0.1, 0.15) is 216 Å². The van der Waals surface area contributed by atoms with Crippen molar-refractivity contribution in [3.05, 3.63) is 142 Å². The van der Waals surface area contributed by atoms with Crippen molar-refractivity contribution in [1.82, 2.24) is 47.9 Å². The predicted octanol–water partition coefficient (Wildman–Crippen LogP) is 5.43. The molecule has 2 aliphatic rings. The minimum atomic E-state index is -1.89. The number of hydrogen-bond acceptors (Lipinski definition) is 23. The van der Waals surface area contributed by atoms with E-state index in [1.54, 1.807) is 18.2 Å². The Balaban J connectivity index is 1.01. The molecule has 1 spiro atoms. The van der Waals surface area contributed by atoms with E-state index in [0.717, 1.165) is 32.1 Å². The van der Waals surface area contributed by atoms with Crippen LogP contribution in [0.3, 0.4) is 0 Å². The lowest BCUT2D eigenvalue weighted by Gasteiger charge is -2.36. The largest absolute Gasteiger partial charge is 0.508 e. The zero-order valence-corrected chi connectivity index (χ0v) is 69.1. The lowest BCUT2D eigenvalue weighted by molar-refractivity contribution is -0.139. The van der Waals surface area contributed by atoms with Crippen LogP contribution in [0.2, 0.25) is 0 Å². The number of primary amides is 1. The van der Waals surface area contributed by atoms with E-state index in [1.807, 2.05) is 0 Å². The number of aliphatic carboxylic acids is 4. The molecule has 7 atom stereocenters. The number of amides is 10. The normalized spacial score (nSPS) is 13.8. The molecule has 672 valence electrons. The summed E-state index contributed by atoms with van der Waals surface area (Å²) in [6, 6.07) is 11.3. The Morgan fingerprint density at radius 1 is 0.387 bits per heavy atom. The van der Waals surface area contributed by atoms with Gasteiger partial charge in [0.25, 0.3) is 5.91 Å². The van der Waals surface area contributed by atoms with Crippen molar-refractivity contribution in [3.8, 4) is 34.5 Å². The van der Waals surface area contributed by atoms with Gasteiger partial charge in [-0.15, -0.1) is 0 Å². The highest BCUT2D eigenvalue weighted by molar-refractivity contribution is 6.02. The number of benzene rings is 5. The SMILES string of the molecule is CCCCCCCCCCCCCCCC(=O)NCCCC[C@H](NC(=O)[C@H](CCC(=O)O)NC(=O)[C@H](Cc1ccc(O)cc1)NC(=O)[C@H](CCC(=O)O)NC(=O)COCCOCCNC(=O)c1ccc2c(c1)C(=O)OC21c2ccc(O)cc2Oc2cc(O)ccc21)C(=O)N[C@@H](CCC(=O)O)C(=O)N[C@@H](Cc1ccc(O)cc1)C(=O)N[C@@H](CCC(=O)O)C(N)=O. The van der Waals surface area contributed by atoms with Crippen molar-refractivity contribution in [2.24, 2.45) is 5.73 Å².